The molecule has 62 valence electrons. The number of rotatable bonds is 3. The molecule has 0 heterocycles. The molecule has 0 atom stereocenters. The predicted octanol–water partition coefficient (Wildman–Crippen LogP) is 3.11. The summed E-state index contributed by atoms with van der Waals surface area (Å²) < 4.78 is 0. The van der Waals surface area contributed by atoms with Gasteiger partial charge in [-0.3, -0.25) is 0 Å². The van der Waals surface area contributed by atoms with E-state index in [1.54, 1.807) is 0 Å². The summed E-state index contributed by atoms with van der Waals surface area (Å²) >= 11 is 2.28. The first-order chi connectivity index (χ1) is 4.35. The molecule has 0 spiro atoms. The van der Waals surface area contributed by atoms with Gasteiger partial charge in [0.1, 0.15) is 0 Å². The van der Waals surface area contributed by atoms with Crippen LogP contribution in [-0.4, -0.2) is 18.5 Å². The van der Waals surface area contributed by atoms with Crippen LogP contribution in [0.4, 0.5) is 0 Å². The van der Waals surface area contributed by atoms with Gasteiger partial charge in [0.15, 0.2) is 0 Å². The Morgan fingerprint density at radius 1 is 0.889 bits per heavy atom. The maximum absolute atomic E-state index is 2.29. The van der Waals surface area contributed by atoms with Gasteiger partial charge in [0.05, 0.1) is 0 Å². The third kappa shape index (κ3) is 9.17. The summed E-state index contributed by atoms with van der Waals surface area (Å²) in [5.41, 5.74) is 0. The molecule has 0 N–H and O–H groups in total. The van der Waals surface area contributed by atoms with Gasteiger partial charge in [-0.25, -0.2) is 0 Å². The van der Waals surface area contributed by atoms with Crippen molar-refractivity contribution in [3.05, 3.63) is 0 Å². The van der Waals surface area contributed by atoms with E-state index >= 15 is 0 Å². The van der Waals surface area contributed by atoms with Gasteiger partial charge in [0.2, 0.25) is 0 Å². The Morgan fingerprint density at radius 3 is 1.11 bits per heavy atom. The van der Waals surface area contributed by atoms with Gasteiger partial charge in [0.25, 0.3) is 0 Å². The molecule has 0 aromatic rings. The van der Waals surface area contributed by atoms with Crippen LogP contribution < -0.4 is 0 Å². The summed E-state index contributed by atoms with van der Waals surface area (Å²) in [6.45, 7) is 6.87. The summed E-state index contributed by atoms with van der Waals surface area (Å²) in [5.74, 6) is 0. The fraction of sp³-hybridized carbons (Fsp3) is 1.00. The molecule has 0 aromatic carbocycles. The molecule has 0 saturated carbocycles. The number of hydrogen-bond donors (Lipinski definition) is 0. The van der Waals surface area contributed by atoms with E-state index in [1.165, 1.54) is 18.5 Å². The van der Waals surface area contributed by atoms with E-state index in [2.05, 4.69) is 41.8 Å². The minimum absolute atomic E-state index is 0.446. The number of hydrogen-bond acceptors (Lipinski definition) is 0. The quantitative estimate of drug-likeness (QED) is 0.551. The zero-order chi connectivity index (χ0) is 7.70. The van der Waals surface area contributed by atoms with Crippen LogP contribution in [0, 0.1) is 0 Å². The van der Waals surface area contributed by atoms with E-state index in [0.29, 0.717) is 7.92 Å². The summed E-state index contributed by atoms with van der Waals surface area (Å²) in [5, 5.41) is 1.94. The van der Waals surface area contributed by atoms with Crippen molar-refractivity contribution in [3.63, 3.8) is 0 Å². The van der Waals surface area contributed by atoms with Crippen LogP contribution in [0.15, 0.2) is 0 Å². The molecule has 0 nitrogen and oxygen atoms in total. The van der Waals surface area contributed by atoms with E-state index < -0.39 is 0 Å². The van der Waals surface area contributed by atoms with E-state index in [0.717, 1.165) is 0 Å². The summed E-state index contributed by atoms with van der Waals surface area (Å²) in [7, 11) is 0.446. The van der Waals surface area contributed by atoms with Crippen molar-refractivity contribution in [2.75, 3.05) is 18.5 Å². The molecular formula is C7H18AuP. The van der Waals surface area contributed by atoms with Crippen molar-refractivity contribution >= 4 is 7.92 Å². The van der Waals surface area contributed by atoms with Crippen LogP contribution in [0.2, 0.25) is 5.14 Å². The zero-order valence-corrected chi connectivity index (χ0v) is 9.93. The molecule has 0 radical (unpaired) electrons. The molecule has 0 rings (SSSR count). The molecule has 0 fully saturated rings. The van der Waals surface area contributed by atoms with E-state index in [1.807, 2.05) is 5.14 Å². The standard InChI is InChI=1S/C6H15P.CH3.Au/c1-4-7(5-2)6-3;;/h4-6H2,1-3H3;1H3;. The second-order valence-corrected chi connectivity index (χ2v) is 4.86. The maximum atomic E-state index is 2.29. The topological polar surface area (TPSA) is 0 Å². The molecule has 0 bridgehead atoms. The summed E-state index contributed by atoms with van der Waals surface area (Å²) in [6, 6.07) is 0. The van der Waals surface area contributed by atoms with Gasteiger partial charge in [-0.15, -0.1) is 7.92 Å². The fourth-order valence-corrected chi connectivity index (χ4v) is 2.01. The second-order valence-electron chi connectivity index (χ2n) is 1.62. The van der Waals surface area contributed by atoms with Crippen LogP contribution in [0.3, 0.4) is 0 Å². The van der Waals surface area contributed by atoms with Crippen molar-refractivity contribution in [1.82, 2.24) is 0 Å². The molecular weight excluding hydrogens is 312 g/mol. The first-order valence-corrected chi connectivity index (χ1v) is 7.44. The van der Waals surface area contributed by atoms with Crippen LogP contribution in [0.1, 0.15) is 20.8 Å². The Balaban J connectivity index is 0. The SMILES string of the molecule is CCP(CC)CC.[CH3][Au]. The summed E-state index contributed by atoms with van der Waals surface area (Å²) in [6.07, 6.45) is 4.26. The normalized spacial score (nSPS) is 8.78. The van der Waals surface area contributed by atoms with Crippen LogP contribution in [-0.2, 0) is 21.1 Å². The summed E-state index contributed by atoms with van der Waals surface area (Å²) in [4.78, 5) is 0. The van der Waals surface area contributed by atoms with E-state index in [-0.39, 0.29) is 0 Å². The molecule has 0 aliphatic rings. The van der Waals surface area contributed by atoms with Crippen molar-refractivity contribution in [2.24, 2.45) is 0 Å². The van der Waals surface area contributed by atoms with E-state index in [9.17, 15) is 0 Å². The Labute approximate surface area is 73.5 Å². The monoisotopic (exact) mass is 330 g/mol. The molecule has 0 unspecified atom stereocenters. The van der Waals surface area contributed by atoms with Crippen molar-refractivity contribution in [1.29, 1.82) is 0 Å². The van der Waals surface area contributed by atoms with Gasteiger partial charge in [-0.2, -0.15) is 0 Å². The average Bonchev–Trinajstić information content (AvgIpc) is 1.96. The van der Waals surface area contributed by atoms with Crippen LogP contribution in [0.25, 0.3) is 0 Å². The fourth-order valence-electron chi connectivity index (χ4n) is 0.671. The van der Waals surface area contributed by atoms with Crippen LogP contribution >= 0.6 is 7.92 Å². The molecule has 0 aromatic heterocycles. The minimum atomic E-state index is 0.446. The van der Waals surface area contributed by atoms with E-state index in [4.69, 9.17) is 0 Å². The van der Waals surface area contributed by atoms with Gasteiger partial charge >= 0.3 is 26.2 Å². The molecule has 0 saturated heterocycles. The second kappa shape index (κ2) is 11.9. The zero-order valence-electron chi connectivity index (χ0n) is 6.87. The third-order valence-corrected chi connectivity index (χ3v) is 4.02. The van der Waals surface area contributed by atoms with Crippen LogP contribution in [0.5, 0.6) is 0 Å². The van der Waals surface area contributed by atoms with Crippen molar-refractivity contribution in [2.45, 2.75) is 25.9 Å². The van der Waals surface area contributed by atoms with Crippen molar-refractivity contribution in [3.8, 4) is 0 Å². The molecule has 0 aliphatic heterocycles. The first-order valence-electron chi connectivity index (χ1n) is 3.37. The Hall–Kier alpha value is 1.17. The Kier molecular flexibility index (Phi) is 16.9. The predicted molar refractivity (Wildman–Crippen MR) is 44.4 cm³/mol. The Bertz CT molecular complexity index is 30.4. The van der Waals surface area contributed by atoms with Gasteiger partial charge in [-0.05, 0) is 18.5 Å². The first kappa shape index (κ1) is 12.8. The third-order valence-electron chi connectivity index (χ3n) is 1.34. The van der Waals surface area contributed by atoms with Gasteiger partial charge in [-0.1, -0.05) is 20.8 Å². The molecule has 0 amide bonds. The van der Waals surface area contributed by atoms with Crippen molar-refractivity contribution < 1.29 is 21.1 Å². The van der Waals surface area contributed by atoms with Gasteiger partial charge < -0.3 is 0 Å². The average molecular weight is 330 g/mol. The molecule has 0 aliphatic carbocycles. The van der Waals surface area contributed by atoms with Gasteiger partial charge in [0, 0.05) is 0 Å². The molecule has 9 heavy (non-hydrogen) atoms. The Morgan fingerprint density at radius 2 is 1.11 bits per heavy atom. The molecule has 2 heteroatoms.